The van der Waals surface area contributed by atoms with Crippen molar-refractivity contribution in [2.24, 2.45) is 12.0 Å². The zero-order valence-electron chi connectivity index (χ0n) is 19.3. The summed E-state index contributed by atoms with van der Waals surface area (Å²) in [5.41, 5.74) is 3.11. The first kappa shape index (κ1) is 22.6. The number of esters is 1. The fraction of sp³-hybridized carbons (Fsp3) is 0.269. The highest BCUT2D eigenvalue weighted by atomic mass is 32.1. The van der Waals surface area contributed by atoms with Gasteiger partial charge in [0.2, 0.25) is 0 Å². The average Bonchev–Trinajstić information content (AvgIpc) is 3.54. The second-order valence-corrected chi connectivity index (χ2v) is 10.1. The van der Waals surface area contributed by atoms with Crippen LogP contribution in [0.1, 0.15) is 43.2 Å². The third kappa shape index (κ3) is 3.76. The Balaban J connectivity index is 1.76. The summed E-state index contributed by atoms with van der Waals surface area (Å²) in [5.74, 6) is -0.406. The maximum Gasteiger partial charge on any atom is 0.338 e. The molecule has 1 aliphatic rings. The van der Waals surface area contributed by atoms with Crippen LogP contribution in [0.15, 0.2) is 69.0 Å². The van der Waals surface area contributed by atoms with Crippen molar-refractivity contribution >= 4 is 45.6 Å². The number of thiophene rings is 1. The molecule has 34 heavy (non-hydrogen) atoms. The number of aryl methyl sites for hydroxylation is 1. The molecule has 4 heterocycles. The van der Waals surface area contributed by atoms with Crippen LogP contribution in [0.5, 0.6) is 0 Å². The number of carbonyl (C=O) groups excluding carboxylic acids is 1. The van der Waals surface area contributed by atoms with Crippen LogP contribution in [-0.4, -0.2) is 21.7 Å². The Morgan fingerprint density at radius 3 is 2.76 bits per heavy atom. The van der Waals surface area contributed by atoms with E-state index >= 15 is 0 Å². The van der Waals surface area contributed by atoms with Gasteiger partial charge in [-0.05, 0) is 36.9 Å². The van der Waals surface area contributed by atoms with Gasteiger partial charge in [-0.3, -0.25) is 9.36 Å². The summed E-state index contributed by atoms with van der Waals surface area (Å²) < 4.78 is 9.74. The van der Waals surface area contributed by atoms with Crippen LogP contribution in [0.3, 0.4) is 0 Å². The van der Waals surface area contributed by atoms with E-state index in [1.807, 2.05) is 49.0 Å². The van der Waals surface area contributed by atoms with Gasteiger partial charge in [-0.1, -0.05) is 48.9 Å². The number of rotatable bonds is 6. The van der Waals surface area contributed by atoms with Gasteiger partial charge in [0, 0.05) is 34.6 Å². The summed E-state index contributed by atoms with van der Waals surface area (Å²) >= 11 is 2.90. The van der Waals surface area contributed by atoms with Gasteiger partial charge in [-0.2, -0.15) is 0 Å². The molecule has 0 bridgehead atoms. The van der Waals surface area contributed by atoms with Gasteiger partial charge < -0.3 is 9.30 Å². The van der Waals surface area contributed by atoms with Crippen molar-refractivity contribution in [2.75, 3.05) is 6.61 Å². The fourth-order valence-corrected chi connectivity index (χ4v) is 6.30. The molecule has 0 radical (unpaired) electrons. The Morgan fingerprint density at radius 1 is 1.21 bits per heavy atom. The molecule has 3 aromatic heterocycles. The Morgan fingerprint density at radius 2 is 2.03 bits per heavy atom. The largest absolute Gasteiger partial charge is 0.463 e. The van der Waals surface area contributed by atoms with Gasteiger partial charge in [0.1, 0.15) is 6.04 Å². The minimum absolute atomic E-state index is 0.146. The monoisotopic (exact) mass is 491 g/mol. The molecule has 0 fully saturated rings. The van der Waals surface area contributed by atoms with Crippen molar-refractivity contribution in [1.82, 2.24) is 9.13 Å². The number of thiazole rings is 1. The van der Waals surface area contributed by atoms with Crippen molar-refractivity contribution in [3.8, 4) is 0 Å². The van der Waals surface area contributed by atoms with E-state index in [2.05, 4.69) is 23.6 Å². The highest BCUT2D eigenvalue weighted by molar-refractivity contribution is 7.10. The highest BCUT2D eigenvalue weighted by Crippen LogP contribution is 2.34. The lowest BCUT2D eigenvalue weighted by Gasteiger charge is -2.24. The Labute approximate surface area is 204 Å². The van der Waals surface area contributed by atoms with Crippen LogP contribution in [0.25, 0.3) is 17.0 Å². The van der Waals surface area contributed by atoms with Crippen LogP contribution in [-0.2, 0) is 16.6 Å². The fourth-order valence-electron chi connectivity index (χ4n) is 4.47. The first-order valence-corrected chi connectivity index (χ1v) is 13.0. The smallest absolute Gasteiger partial charge is 0.338 e. The molecule has 4 aromatic rings. The lowest BCUT2D eigenvalue weighted by Crippen LogP contribution is -2.39. The van der Waals surface area contributed by atoms with E-state index in [1.165, 1.54) is 22.7 Å². The molecule has 1 aromatic carbocycles. The van der Waals surface area contributed by atoms with Crippen molar-refractivity contribution in [2.45, 2.75) is 32.7 Å². The van der Waals surface area contributed by atoms with Crippen molar-refractivity contribution < 1.29 is 9.53 Å². The van der Waals surface area contributed by atoms with E-state index in [0.29, 0.717) is 27.0 Å². The number of ether oxygens (including phenoxy) is 1. The normalized spacial score (nSPS) is 16.1. The summed E-state index contributed by atoms with van der Waals surface area (Å²) in [6.07, 6.45) is 5.45. The zero-order valence-corrected chi connectivity index (χ0v) is 20.9. The number of hydrogen-bond donors (Lipinski definition) is 0. The molecule has 0 saturated carbocycles. The van der Waals surface area contributed by atoms with E-state index in [9.17, 15) is 9.59 Å². The first-order valence-electron chi connectivity index (χ1n) is 11.3. The number of para-hydroxylation sites is 1. The maximum atomic E-state index is 13.8. The van der Waals surface area contributed by atoms with Crippen LogP contribution in [0.4, 0.5) is 0 Å². The number of carbonyl (C=O) groups is 1. The quantitative estimate of drug-likeness (QED) is 0.381. The minimum Gasteiger partial charge on any atom is -0.463 e. The topological polar surface area (TPSA) is 65.6 Å². The lowest BCUT2D eigenvalue weighted by atomic mass is 9.99. The molecule has 1 aliphatic heterocycles. The van der Waals surface area contributed by atoms with Crippen LogP contribution < -0.4 is 14.9 Å². The zero-order chi connectivity index (χ0) is 23.8. The van der Waals surface area contributed by atoms with Gasteiger partial charge in [0.05, 0.1) is 22.4 Å². The van der Waals surface area contributed by atoms with Crippen LogP contribution >= 0.6 is 22.7 Å². The van der Waals surface area contributed by atoms with Crippen molar-refractivity contribution in [1.29, 1.82) is 0 Å². The summed E-state index contributed by atoms with van der Waals surface area (Å²) in [7, 11) is 2.00. The number of fused-ring (bicyclic) bond motifs is 2. The lowest BCUT2D eigenvalue weighted by molar-refractivity contribution is -0.139. The average molecular weight is 492 g/mol. The number of hydrogen-bond acceptors (Lipinski definition) is 6. The van der Waals surface area contributed by atoms with Gasteiger partial charge in [0.15, 0.2) is 4.80 Å². The molecule has 6 nitrogen and oxygen atoms in total. The molecule has 174 valence electrons. The summed E-state index contributed by atoms with van der Waals surface area (Å²) in [6, 6.07) is 11.5. The van der Waals surface area contributed by atoms with Crippen LogP contribution in [0.2, 0.25) is 0 Å². The van der Waals surface area contributed by atoms with E-state index in [0.717, 1.165) is 27.8 Å². The standard InChI is InChI=1S/C26H25N3O3S2/c1-4-9-18-22(25(31)32-5-2)23(20-12-8-13-33-20)29-24(30)21(34-26(29)27-18)14-16-15-28(3)19-11-7-6-10-17(16)19/h6-8,10-15,23H,4-5,9H2,1-3H3/b21-14-/t23-/m1/s1. The third-order valence-corrected chi connectivity index (χ3v) is 7.83. The van der Waals surface area contributed by atoms with Crippen LogP contribution in [0, 0.1) is 0 Å². The minimum atomic E-state index is -0.536. The molecule has 0 aliphatic carbocycles. The molecule has 0 amide bonds. The molecule has 8 heteroatoms. The summed E-state index contributed by atoms with van der Waals surface area (Å²) in [5, 5.41) is 3.05. The van der Waals surface area contributed by atoms with E-state index in [4.69, 9.17) is 9.73 Å². The Hall–Kier alpha value is -3.23. The molecule has 0 spiro atoms. The number of aromatic nitrogens is 2. The third-order valence-electron chi connectivity index (χ3n) is 5.92. The van der Waals surface area contributed by atoms with Gasteiger partial charge in [0.25, 0.3) is 5.56 Å². The number of nitrogens with zero attached hydrogens (tertiary/aromatic N) is 3. The Bertz CT molecular complexity index is 1590. The molecule has 1 atom stereocenters. The maximum absolute atomic E-state index is 13.8. The van der Waals surface area contributed by atoms with Gasteiger partial charge in [-0.25, -0.2) is 9.79 Å². The van der Waals surface area contributed by atoms with Crippen molar-refractivity contribution in [3.63, 3.8) is 0 Å². The number of allylic oxidation sites excluding steroid dienone is 1. The predicted molar refractivity (Wildman–Crippen MR) is 137 cm³/mol. The van der Waals surface area contributed by atoms with Gasteiger partial charge >= 0.3 is 5.97 Å². The summed E-state index contributed by atoms with van der Waals surface area (Å²) in [6.45, 7) is 4.11. The van der Waals surface area contributed by atoms with Crippen molar-refractivity contribution in [3.05, 3.63) is 89.4 Å². The molecule has 0 unspecified atom stereocenters. The molecule has 0 saturated heterocycles. The SMILES string of the molecule is CCCC1=C(C(=O)OCC)[C@@H](c2cccs2)n2c(s/c(=C\c3cn(C)c4ccccc34)c2=O)=N1. The number of benzene rings is 1. The first-order chi connectivity index (χ1) is 16.5. The predicted octanol–water partition coefficient (Wildman–Crippen LogP) is 4.13. The molecular weight excluding hydrogens is 466 g/mol. The molecule has 0 N–H and O–H groups in total. The van der Waals surface area contributed by atoms with E-state index < -0.39 is 12.0 Å². The van der Waals surface area contributed by atoms with E-state index in [-0.39, 0.29) is 12.2 Å². The summed E-state index contributed by atoms with van der Waals surface area (Å²) in [4.78, 5) is 33.2. The second kappa shape index (κ2) is 9.19. The second-order valence-electron chi connectivity index (χ2n) is 8.14. The molecular formula is C26H25N3O3S2. The highest BCUT2D eigenvalue weighted by Gasteiger charge is 2.34. The molecule has 5 rings (SSSR count). The van der Waals surface area contributed by atoms with Gasteiger partial charge in [-0.15, -0.1) is 11.3 Å². The Kier molecular flexibility index (Phi) is 6.10. The van der Waals surface area contributed by atoms with E-state index in [1.54, 1.807) is 11.5 Å².